The Morgan fingerprint density at radius 1 is 1.22 bits per heavy atom. The van der Waals surface area contributed by atoms with Crippen molar-refractivity contribution in [2.75, 3.05) is 0 Å². The van der Waals surface area contributed by atoms with Gasteiger partial charge in [-0.3, -0.25) is 4.79 Å². The highest BCUT2D eigenvalue weighted by molar-refractivity contribution is 6.76. The van der Waals surface area contributed by atoms with Crippen LogP contribution in [0.4, 0.5) is 0 Å². The van der Waals surface area contributed by atoms with Gasteiger partial charge in [0.25, 0.3) is 5.56 Å². The fourth-order valence-electron chi connectivity index (χ4n) is 4.79. The Morgan fingerprint density at radius 2 is 2.00 bits per heavy atom. The molecule has 1 atom stereocenters. The van der Waals surface area contributed by atoms with E-state index in [0.29, 0.717) is 23.4 Å². The van der Waals surface area contributed by atoms with E-state index >= 15 is 0 Å². The van der Waals surface area contributed by atoms with Crippen LogP contribution in [0.3, 0.4) is 0 Å². The van der Waals surface area contributed by atoms with Crippen molar-refractivity contribution >= 4 is 24.9 Å². The Morgan fingerprint density at radius 3 is 2.72 bits per heavy atom. The van der Waals surface area contributed by atoms with Gasteiger partial charge < -0.3 is 14.4 Å². The minimum atomic E-state index is -1.80. The van der Waals surface area contributed by atoms with E-state index in [-0.39, 0.29) is 18.6 Å². The second kappa shape index (κ2) is 7.12. The van der Waals surface area contributed by atoms with Crippen LogP contribution in [0, 0.1) is 0 Å². The van der Waals surface area contributed by atoms with Crippen molar-refractivity contribution in [3.8, 4) is 11.4 Å². The SMILES string of the molecule is CC[C@@]1(O)C(=O)OCc2c1cc1n(c2=O)Cc2cc3c(CC[Si](C)(C)C)cccc3nc2-1. The number of carbonyl (C=O) groups is 1. The number of hydrogen-bond acceptors (Lipinski definition) is 5. The van der Waals surface area contributed by atoms with E-state index in [9.17, 15) is 14.7 Å². The maximum atomic E-state index is 13.3. The minimum absolute atomic E-state index is 0.109. The lowest BCUT2D eigenvalue weighted by Gasteiger charge is -2.31. The van der Waals surface area contributed by atoms with Crippen LogP contribution in [0.25, 0.3) is 22.3 Å². The molecular weight excluding hydrogens is 420 g/mol. The van der Waals surface area contributed by atoms with Gasteiger partial charge in [-0.2, -0.15) is 0 Å². The molecular formula is C25H28N2O4Si. The third-order valence-electron chi connectivity index (χ3n) is 6.79. The van der Waals surface area contributed by atoms with Gasteiger partial charge in [0, 0.05) is 24.6 Å². The molecule has 0 unspecified atom stereocenters. The van der Waals surface area contributed by atoms with E-state index in [1.807, 2.05) is 12.1 Å². The highest BCUT2D eigenvalue weighted by Crippen LogP contribution is 2.39. The van der Waals surface area contributed by atoms with E-state index in [1.165, 1.54) is 11.6 Å². The van der Waals surface area contributed by atoms with Crippen LogP contribution < -0.4 is 5.56 Å². The van der Waals surface area contributed by atoms with Crippen LogP contribution in [0.1, 0.15) is 35.6 Å². The number of aryl methyl sites for hydroxylation is 1. The van der Waals surface area contributed by atoms with Gasteiger partial charge in [-0.15, -0.1) is 0 Å². The zero-order chi connectivity index (χ0) is 22.8. The van der Waals surface area contributed by atoms with Crippen molar-refractivity contribution in [1.82, 2.24) is 9.55 Å². The highest BCUT2D eigenvalue weighted by Gasteiger charge is 2.45. The quantitative estimate of drug-likeness (QED) is 0.378. The van der Waals surface area contributed by atoms with Gasteiger partial charge in [0.15, 0.2) is 5.60 Å². The largest absolute Gasteiger partial charge is 0.458 e. The number of fused-ring (bicyclic) bond motifs is 5. The van der Waals surface area contributed by atoms with Gasteiger partial charge in [-0.25, -0.2) is 9.78 Å². The van der Waals surface area contributed by atoms with Gasteiger partial charge >= 0.3 is 5.97 Å². The number of carbonyl (C=O) groups excluding carboxylic acids is 1. The summed E-state index contributed by atoms with van der Waals surface area (Å²) in [4.78, 5) is 30.6. The number of hydrogen-bond donors (Lipinski definition) is 1. The number of cyclic esters (lactones) is 1. The number of ether oxygens (including phenoxy) is 1. The average Bonchev–Trinajstić information content (AvgIpc) is 3.11. The Balaban J connectivity index is 1.66. The molecule has 0 radical (unpaired) electrons. The summed E-state index contributed by atoms with van der Waals surface area (Å²) >= 11 is 0. The lowest BCUT2D eigenvalue weighted by Crippen LogP contribution is -2.44. The molecule has 166 valence electrons. The van der Waals surface area contributed by atoms with Crippen molar-refractivity contribution in [2.24, 2.45) is 0 Å². The van der Waals surface area contributed by atoms with E-state index in [0.717, 1.165) is 28.6 Å². The summed E-state index contributed by atoms with van der Waals surface area (Å²) < 4.78 is 6.83. The van der Waals surface area contributed by atoms with Gasteiger partial charge in [0.05, 0.1) is 29.0 Å². The Kier molecular flexibility index (Phi) is 4.69. The van der Waals surface area contributed by atoms with E-state index in [2.05, 4.69) is 31.8 Å². The normalized spacial score (nSPS) is 19.5. The van der Waals surface area contributed by atoms with Crippen LogP contribution in [0.2, 0.25) is 25.7 Å². The molecule has 2 aromatic heterocycles. The number of rotatable bonds is 4. The molecule has 1 aromatic carbocycles. The van der Waals surface area contributed by atoms with Crippen LogP contribution in [-0.4, -0.2) is 28.7 Å². The van der Waals surface area contributed by atoms with Gasteiger partial charge in [-0.05, 0) is 36.6 Å². The molecule has 0 fully saturated rings. The summed E-state index contributed by atoms with van der Waals surface area (Å²) in [5, 5.41) is 12.1. The minimum Gasteiger partial charge on any atom is -0.458 e. The topological polar surface area (TPSA) is 81.4 Å². The van der Waals surface area contributed by atoms with Gasteiger partial charge in [0.1, 0.15) is 6.61 Å². The first-order valence-electron chi connectivity index (χ1n) is 11.2. The van der Waals surface area contributed by atoms with Crippen LogP contribution in [0.5, 0.6) is 0 Å². The predicted octanol–water partition coefficient (Wildman–Crippen LogP) is 3.96. The van der Waals surface area contributed by atoms with Crippen LogP contribution in [-0.2, 0) is 34.7 Å². The Hall–Kier alpha value is -2.77. The number of aliphatic hydroxyl groups is 1. The van der Waals surface area contributed by atoms with Crippen molar-refractivity contribution < 1.29 is 14.6 Å². The molecule has 1 N–H and O–H groups in total. The van der Waals surface area contributed by atoms with Gasteiger partial charge in [-0.1, -0.05) is 44.7 Å². The molecule has 3 aromatic rings. The summed E-state index contributed by atoms with van der Waals surface area (Å²) in [6.07, 6.45) is 1.16. The molecule has 2 aliphatic rings. The first-order valence-corrected chi connectivity index (χ1v) is 14.9. The lowest BCUT2D eigenvalue weighted by molar-refractivity contribution is -0.172. The van der Waals surface area contributed by atoms with Crippen molar-refractivity contribution in [3.05, 3.63) is 62.9 Å². The molecule has 0 bridgehead atoms. The van der Waals surface area contributed by atoms with E-state index < -0.39 is 19.6 Å². The van der Waals surface area contributed by atoms with Crippen molar-refractivity contribution in [2.45, 2.75) is 64.2 Å². The number of benzene rings is 1. The molecule has 0 spiro atoms. The smallest absolute Gasteiger partial charge is 0.343 e. The maximum Gasteiger partial charge on any atom is 0.343 e. The Bertz CT molecular complexity index is 1340. The molecule has 0 saturated carbocycles. The van der Waals surface area contributed by atoms with Crippen LogP contribution >= 0.6 is 0 Å². The zero-order valence-corrected chi connectivity index (χ0v) is 20.0. The summed E-state index contributed by atoms with van der Waals surface area (Å²) in [6, 6.07) is 11.4. The molecule has 2 aliphatic heterocycles. The van der Waals surface area contributed by atoms with Crippen molar-refractivity contribution in [1.29, 1.82) is 0 Å². The molecule has 7 heteroatoms. The van der Waals surface area contributed by atoms with Gasteiger partial charge in [0.2, 0.25) is 0 Å². The number of esters is 1. The molecule has 32 heavy (non-hydrogen) atoms. The van der Waals surface area contributed by atoms with E-state index in [4.69, 9.17) is 9.72 Å². The van der Waals surface area contributed by atoms with E-state index in [1.54, 1.807) is 17.6 Å². The second-order valence-electron chi connectivity index (χ2n) is 10.1. The fourth-order valence-corrected chi connectivity index (χ4v) is 5.81. The molecule has 4 heterocycles. The first-order chi connectivity index (χ1) is 15.1. The summed E-state index contributed by atoms with van der Waals surface area (Å²) in [5.41, 5.74) is 3.27. The molecule has 6 nitrogen and oxygen atoms in total. The monoisotopic (exact) mass is 448 g/mol. The summed E-state index contributed by atoms with van der Waals surface area (Å²) in [6.45, 7) is 9.17. The average molecular weight is 449 g/mol. The molecule has 5 rings (SSSR count). The molecule has 0 saturated heterocycles. The lowest BCUT2D eigenvalue weighted by atomic mass is 9.86. The number of nitrogens with zero attached hydrogens (tertiary/aromatic N) is 2. The third kappa shape index (κ3) is 3.14. The summed E-state index contributed by atoms with van der Waals surface area (Å²) in [5.74, 6) is -0.700. The molecule has 0 amide bonds. The van der Waals surface area contributed by atoms with Crippen LogP contribution in [0.15, 0.2) is 35.1 Å². The third-order valence-corrected chi connectivity index (χ3v) is 8.54. The van der Waals surface area contributed by atoms with Crippen molar-refractivity contribution in [3.63, 3.8) is 0 Å². The number of pyridine rings is 2. The maximum absolute atomic E-state index is 13.3. The Labute approximate surface area is 187 Å². The summed E-state index contributed by atoms with van der Waals surface area (Å²) in [7, 11) is -1.17. The zero-order valence-electron chi connectivity index (χ0n) is 19.0. The molecule has 0 aliphatic carbocycles. The fraction of sp³-hybridized carbons (Fsp3) is 0.400. The predicted molar refractivity (Wildman–Crippen MR) is 126 cm³/mol. The highest BCUT2D eigenvalue weighted by atomic mass is 28.3. The number of aromatic nitrogens is 2. The second-order valence-corrected chi connectivity index (χ2v) is 15.8. The standard InChI is InChI=1S/C25H28N2O4Si/c1-5-25(30)19-12-21-22-16(13-27(21)23(28)18(19)14-31-24(25)29)11-17-15(9-10-32(2,3)4)7-6-8-20(17)26-22/h6-8,11-12,30H,5,9-10,13-14H2,1-4H3/t25-/m0/s1. The first kappa shape index (κ1) is 21.1.